The summed E-state index contributed by atoms with van der Waals surface area (Å²) in [6.07, 6.45) is 1.92. The average Bonchev–Trinajstić information content (AvgIpc) is 2.30. The average molecular weight is 254 g/mol. The van der Waals surface area contributed by atoms with E-state index in [-0.39, 0.29) is 11.7 Å². The van der Waals surface area contributed by atoms with Crippen LogP contribution in [0.1, 0.15) is 18.4 Å². The molecule has 1 saturated heterocycles. The molecule has 0 N–H and O–H groups in total. The molecule has 17 heavy (non-hydrogen) atoms. The Labute approximate surface area is 103 Å². The second-order valence-electron chi connectivity index (χ2n) is 4.68. The first-order chi connectivity index (χ1) is 8.08. The van der Waals surface area contributed by atoms with Gasteiger partial charge < -0.3 is 4.74 Å². The highest BCUT2D eigenvalue weighted by atomic mass is 32.2. The van der Waals surface area contributed by atoms with Gasteiger partial charge in [0, 0.05) is 6.61 Å². The number of hydrogen-bond acceptors (Lipinski definition) is 3. The molecule has 1 heterocycles. The van der Waals surface area contributed by atoms with Gasteiger partial charge in [0.2, 0.25) is 0 Å². The van der Waals surface area contributed by atoms with E-state index in [9.17, 15) is 8.42 Å². The summed E-state index contributed by atoms with van der Waals surface area (Å²) < 4.78 is 29.6. The van der Waals surface area contributed by atoms with Crippen molar-refractivity contribution < 1.29 is 13.2 Å². The van der Waals surface area contributed by atoms with Crippen LogP contribution >= 0.6 is 0 Å². The summed E-state index contributed by atoms with van der Waals surface area (Å²) in [7, 11) is -3.16. The van der Waals surface area contributed by atoms with Gasteiger partial charge in [-0.25, -0.2) is 8.42 Å². The molecule has 0 aromatic heterocycles. The minimum atomic E-state index is -3.16. The van der Waals surface area contributed by atoms with Crippen LogP contribution in [0.15, 0.2) is 29.2 Å². The molecule has 3 nitrogen and oxygen atoms in total. The number of rotatable bonds is 3. The summed E-state index contributed by atoms with van der Waals surface area (Å²) in [6, 6.07) is 7.05. The zero-order chi connectivity index (χ0) is 12.3. The maximum absolute atomic E-state index is 12.2. The van der Waals surface area contributed by atoms with Crippen molar-refractivity contribution in [1.29, 1.82) is 0 Å². The van der Waals surface area contributed by atoms with Crippen LogP contribution in [0.5, 0.6) is 0 Å². The second kappa shape index (κ2) is 5.19. The summed E-state index contributed by atoms with van der Waals surface area (Å²) in [6.45, 7) is 3.29. The van der Waals surface area contributed by atoms with Gasteiger partial charge in [0.25, 0.3) is 0 Å². The van der Waals surface area contributed by atoms with Crippen molar-refractivity contribution in [3.05, 3.63) is 29.8 Å². The van der Waals surface area contributed by atoms with Crippen molar-refractivity contribution in [3.8, 4) is 0 Å². The van der Waals surface area contributed by atoms with Crippen molar-refractivity contribution in [2.24, 2.45) is 5.92 Å². The second-order valence-corrected chi connectivity index (χ2v) is 6.71. The van der Waals surface area contributed by atoms with Gasteiger partial charge in [-0.3, -0.25) is 0 Å². The fourth-order valence-electron chi connectivity index (χ4n) is 2.09. The first kappa shape index (κ1) is 12.6. The molecule has 0 spiro atoms. The zero-order valence-corrected chi connectivity index (χ0v) is 10.9. The monoisotopic (exact) mass is 254 g/mol. The van der Waals surface area contributed by atoms with E-state index >= 15 is 0 Å². The summed E-state index contributed by atoms with van der Waals surface area (Å²) in [5, 5.41) is 0. The molecule has 0 bridgehead atoms. The molecule has 94 valence electrons. The maximum Gasteiger partial charge on any atom is 0.178 e. The Morgan fingerprint density at radius 3 is 2.59 bits per heavy atom. The Balaban J connectivity index is 2.10. The minimum Gasteiger partial charge on any atom is -0.381 e. The molecule has 0 amide bonds. The maximum atomic E-state index is 12.2. The first-order valence-corrected chi connectivity index (χ1v) is 7.60. The van der Waals surface area contributed by atoms with E-state index in [4.69, 9.17) is 4.74 Å². The van der Waals surface area contributed by atoms with Crippen molar-refractivity contribution in [1.82, 2.24) is 0 Å². The van der Waals surface area contributed by atoms with E-state index in [1.807, 2.05) is 19.1 Å². The van der Waals surface area contributed by atoms with E-state index < -0.39 is 9.84 Å². The van der Waals surface area contributed by atoms with Gasteiger partial charge in [0.15, 0.2) is 9.84 Å². The Morgan fingerprint density at radius 1 is 1.29 bits per heavy atom. The fourth-order valence-corrected chi connectivity index (χ4v) is 3.72. The SMILES string of the molecule is Cc1ccc(S(=O)(=O)CC2CCCOC2)cc1. The summed E-state index contributed by atoms with van der Waals surface area (Å²) in [5.41, 5.74) is 1.07. The summed E-state index contributed by atoms with van der Waals surface area (Å²) >= 11 is 0. The highest BCUT2D eigenvalue weighted by Crippen LogP contribution is 2.20. The molecule has 1 unspecified atom stereocenters. The van der Waals surface area contributed by atoms with Gasteiger partial charge in [-0.2, -0.15) is 0 Å². The van der Waals surface area contributed by atoms with E-state index in [1.54, 1.807) is 12.1 Å². The van der Waals surface area contributed by atoms with Crippen LogP contribution in [-0.2, 0) is 14.6 Å². The summed E-state index contributed by atoms with van der Waals surface area (Å²) in [5.74, 6) is 0.353. The van der Waals surface area contributed by atoms with Crippen molar-refractivity contribution in [3.63, 3.8) is 0 Å². The Morgan fingerprint density at radius 2 is 2.00 bits per heavy atom. The number of aryl methyl sites for hydroxylation is 1. The quantitative estimate of drug-likeness (QED) is 0.830. The van der Waals surface area contributed by atoms with Crippen LogP contribution < -0.4 is 0 Å². The van der Waals surface area contributed by atoms with Gasteiger partial charge in [-0.15, -0.1) is 0 Å². The smallest absolute Gasteiger partial charge is 0.178 e. The van der Waals surface area contributed by atoms with Gasteiger partial charge in [-0.05, 0) is 37.8 Å². The number of sulfone groups is 1. The molecule has 1 aromatic carbocycles. The highest BCUT2D eigenvalue weighted by Gasteiger charge is 2.23. The fraction of sp³-hybridized carbons (Fsp3) is 0.538. The molecule has 4 heteroatoms. The lowest BCUT2D eigenvalue weighted by Crippen LogP contribution is -2.25. The lowest BCUT2D eigenvalue weighted by Gasteiger charge is -2.21. The van der Waals surface area contributed by atoms with Crippen molar-refractivity contribution in [2.75, 3.05) is 19.0 Å². The van der Waals surface area contributed by atoms with E-state index in [0.717, 1.165) is 25.0 Å². The van der Waals surface area contributed by atoms with Crippen LogP contribution in [0, 0.1) is 12.8 Å². The van der Waals surface area contributed by atoms with E-state index in [1.165, 1.54) is 0 Å². The van der Waals surface area contributed by atoms with Crippen molar-refractivity contribution in [2.45, 2.75) is 24.7 Å². The van der Waals surface area contributed by atoms with Crippen LogP contribution in [0.3, 0.4) is 0 Å². The topological polar surface area (TPSA) is 43.4 Å². The first-order valence-electron chi connectivity index (χ1n) is 5.95. The predicted octanol–water partition coefficient (Wildman–Crippen LogP) is 2.20. The third-order valence-electron chi connectivity index (χ3n) is 3.09. The molecule has 0 aliphatic carbocycles. The molecular weight excluding hydrogens is 236 g/mol. The third-order valence-corrected chi connectivity index (χ3v) is 4.99. The molecule has 1 aliphatic heterocycles. The molecule has 1 aromatic rings. The highest BCUT2D eigenvalue weighted by molar-refractivity contribution is 7.91. The summed E-state index contributed by atoms with van der Waals surface area (Å²) in [4.78, 5) is 0.425. The molecule has 1 atom stereocenters. The van der Waals surface area contributed by atoms with Gasteiger partial charge in [0.1, 0.15) is 0 Å². The zero-order valence-electron chi connectivity index (χ0n) is 10.1. The van der Waals surface area contributed by atoms with Crippen LogP contribution in [0.2, 0.25) is 0 Å². The molecule has 2 rings (SSSR count). The molecule has 1 aliphatic rings. The van der Waals surface area contributed by atoms with E-state index in [0.29, 0.717) is 11.5 Å². The number of hydrogen-bond donors (Lipinski definition) is 0. The largest absolute Gasteiger partial charge is 0.381 e. The number of benzene rings is 1. The normalized spacial score (nSPS) is 21.4. The van der Waals surface area contributed by atoms with Crippen molar-refractivity contribution >= 4 is 9.84 Å². The molecule has 1 fully saturated rings. The van der Waals surface area contributed by atoms with Crippen LogP contribution in [-0.4, -0.2) is 27.4 Å². The standard InChI is InChI=1S/C13H18O3S/c1-11-4-6-13(7-5-11)17(14,15)10-12-3-2-8-16-9-12/h4-7,12H,2-3,8-10H2,1H3. The van der Waals surface area contributed by atoms with Gasteiger partial charge >= 0.3 is 0 Å². The molecular formula is C13H18O3S. The lowest BCUT2D eigenvalue weighted by atomic mass is 10.1. The Kier molecular flexibility index (Phi) is 3.84. The van der Waals surface area contributed by atoms with Crippen LogP contribution in [0.4, 0.5) is 0 Å². The van der Waals surface area contributed by atoms with Gasteiger partial charge in [0.05, 0.1) is 17.3 Å². The molecule has 0 radical (unpaired) electrons. The lowest BCUT2D eigenvalue weighted by molar-refractivity contribution is 0.0626. The third kappa shape index (κ3) is 3.30. The Bertz CT molecular complexity index is 456. The molecule has 0 saturated carbocycles. The number of ether oxygens (including phenoxy) is 1. The Hall–Kier alpha value is -0.870. The predicted molar refractivity (Wildman–Crippen MR) is 66.8 cm³/mol. The van der Waals surface area contributed by atoms with Crippen LogP contribution in [0.25, 0.3) is 0 Å². The van der Waals surface area contributed by atoms with E-state index in [2.05, 4.69) is 0 Å². The van der Waals surface area contributed by atoms with Gasteiger partial charge in [-0.1, -0.05) is 17.7 Å². The minimum absolute atomic E-state index is 0.148.